The number of amides is 1. The van der Waals surface area contributed by atoms with E-state index >= 15 is 4.39 Å². The van der Waals surface area contributed by atoms with Crippen LogP contribution >= 0.6 is 11.6 Å². The molecule has 2 aromatic carbocycles. The second-order valence-electron chi connectivity index (χ2n) is 11.5. The normalized spacial score (nSPS) is 19.4. The number of carbonyl (C=O) groups is 1. The quantitative estimate of drug-likeness (QED) is 0.203. The minimum absolute atomic E-state index is 0.00817. The van der Waals surface area contributed by atoms with E-state index in [9.17, 15) is 23.2 Å². The lowest BCUT2D eigenvalue weighted by Crippen LogP contribution is -2.55. The van der Waals surface area contributed by atoms with Crippen LogP contribution < -0.4 is 9.64 Å². The predicted octanol–water partition coefficient (Wildman–Crippen LogP) is 5.26. The number of alkyl halides is 3. The molecule has 2 aliphatic rings. The molecule has 6 rings (SSSR count). The number of likely N-dealkylation sites (N-methyl/N-ethyl adjacent to an activating group) is 1. The van der Waals surface area contributed by atoms with Gasteiger partial charge >= 0.3 is 6.01 Å². The van der Waals surface area contributed by atoms with Crippen molar-refractivity contribution in [3.63, 3.8) is 0 Å². The molecular formula is C33H28ClF4N7O2. The van der Waals surface area contributed by atoms with Gasteiger partial charge in [-0.3, -0.25) is 14.7 Å². The van der Waals surface area contributed by atoms with Gasteiger partial charge in [0, 0.05) is 54.3 Å². The highest BCUT2D eigenvalue weighted by Gasteiger charge is 2.43. The Kier molecular flexibility index (Phi) is 9.04. The average Bonchev–Trinajstić information content (AvgIpc) is 3.33. The van der Waals surface area contributed by atoms with Crippen LogP contribution in [0.2, 0.25) is 5.02 Å². The van der Waals surface area contributed by atoms with E-state index in [1.807, 2.05) is 12.1 Å². The number of piperazine rings is 1. The molecule has 2 aromatic heterocycles. The number of nitriles is 1. The van der Waals surface area contributed by atoms with Crippen LogP contribution in [0.15, 0.2) is 42.6 Å². The molecule has 0 N–H and O–H groups in total. The zero-order valence-electron chi connectivity index (χ0n) is 25.2. The van der Waals surface area contributed by atoms with E-state index in [1.54, 1.807) is 36.2 Å². The Hall–Kier alpha value is -4.72. The summed E-state index contributed by atoms with van der Waals surface area (Å²) in [5.74, 6) is 0.348. The van der Waals surface area contributed by atoms with Crippen LogP contribution in [0.4, 0.5) is 23.4 Å². The summed E-state index contributed by atoms with van der Waals surface area (Å²) in [5.41, 5.74) is 0.319. The third-order valence-corrected chi connectivity index (χ3v) is 8.74. The van der Waals surface area contributed by atoms with Gasteiger partial charge in [0.25, 0.3) is 11.8 Å². The first-order valence-electron chi connectivity index (χ1n) is 14.8. The van der Waals surface area contributed by atoms with Gasteiger partial charge < -0.3 is 14.5 Å². The number of benzene rings is 2. The fourth-order valence-electron chi connectivity index (χ4n) is 6.20. The summed E-state index contributed by atoms with van der Waals surface area (Å²) in [5, 5.41) is 11.5. The topological polar surface area (TPSA) is 98.5 Å². The molecular weight excluding hydrogens is 638 g/mol. The minimum atomic E-state index is -2.87. The van der Waals surface area contributed by atoms with E-state index in [2.05, 4.69) is 32.9 Å². The van der Waals surface area contributed by atoms with Gasteiger partial charge in [-0.15, -0.1) is 0 Å². The van der Waals surface area contributed by atoms with Crippen LogP contribution in [0.3, 0.4) is 0 Å². The van der Waals surface area contributed by atoms with Crippen molar-refractivity contribution in [2.45, 2.75) is 30.8 Å². The number of aromatic nitrogens is 3. The van der Waals surface area contributed by atoms with Crippen LogP contribution in [0.5, 0.6) is 6.01 Å². The van der Waals surface area contributed by atoms with Gasteiger partial charge in [0.15, 0.2) is 12.5 Å². The Labute approximate surface area is 272 Å². The number of fused-ring (bicyclic) bond motifs is 2. The zero-order chi connectivity index (χ0) is 33.3. The number of rotatable bonds is 6. The Morgan fingerprint density at radius 2 is 1.96 bits per heavy atom. The maximum atomic E-state index is 16.6. The molecule has 9 nitrogen and oxygen atoms in total. The van der Waals surface area contributed by atoms with Crippen molar-refractivity contribution in [2.75, 3.05) is 51.4 Å². The molecule has 2 fully saturated rings. The van der Waals surface area contributed by atoms with Crippen molar-refractivity contribution >= 4 is 45.0 Å². The van der Waals surface area contributed by atoms with Crippen molar-refractivity contribution in [2.24, 2.45) is 0 Å². The van der Waals surface area contributed by atoms with E-state index in [0.717, 1.165) is 5.39 Å². The molecule has 242 valence electrons. The first kappa shape index (κ1) is 32.2. The summed E-state index contributed by atoms with van der Waals surface area (Å²) in [6.07, 6.45) is 0.982. The van der Waals surface area contributed by atoms with Gasteiger partial charge in [-0.25, -0.2) is 17.6 Å². The lowest BCUT2D eigenvalue weighted by Gasteiger charge is -2.40. The van der Waals surface area contributed by atoms with Gasteiger partial charge in [-0.2, -0.15) is 15.2 Å². The molecule has 0 unspecified atom stereocenters. The largest absolute Gasteiger partial charge is 0.462 e. The molecule has 1 amide bonds. The van der Waals surface area contributed by atoms with E-state index in [-0.39, 0.29) is 61.1 Å². The molecule has 0 aliphatic carbocycles. The number of likely N-dealkylation sites (tertiary alicyclic amines) is 1. The monoisotopic (exact) mass is 665 g/mol. The van der Waals surface area contributed by atoms with Gasteiger partial charge in [0.1, 0.15) is 23.6 Å². The lowest BCUT2D eigenvalue weighted by molar-refractivity contribution is -0.127. The summed E-state index contributed by atoms with van der Waals surface area (Å²) < 4.78 is 63.2. The van der Waals surface area contributed by atoms with Gasteiger partial charge in [-0.1, -0.05) is 47.9 Å². The SMILES string of the molecule is CN1CC(F)(F)C[C@H]1COc1nc(N2CCN(C(=O)C#CCF)[C@@H](CC#N)C2)c2cnc(-c3cccc4cccc(Cl)c34)c(F)c2n1. The highest BCUT2D eigenvalue weighted by molar-refractivity contribution is 6.36. The first-order chi connectivity index (χ1) is 22.6. The summed E-state index contributed by atoms with van der Waals surface area (Å²) >= 11 is 6.53. The number of nitrogens with zero attached hydrogens (tertiary/aromatic N) is 7. The van der Waals surface area contributed by atoms with Crippen molar-refractivity contribution in [3.8, 4) is 35.2 Å². The summed E-state index contributed by atoms with van der Waals surface area (Å²) in [6, 6.07) is 11.2. The standard InChI is InChI=1S/C33H28ClF4N7O2/c1-43-19-33(37,38)15-22(43)18-47-32-41-30-24(16-40-29(28(30)36)23-7-2-5-20-6-3-8-25(34)27(20)23)31(42-32)44-13-14-45(21(17-44)10-12-39)26(46)9-4-11-35/h2-3,5-8,16,21-22H,10-11,13-15,17-19H2,1H3/t21-,22-/m0/s1. The van der Waals surface area contributed by atoms with Crippen LogP contribution in [-0.4, -0.2) is 95.2 Å². The molecule has 0 bridgehead atoms. The fourth-order valence-corrected chi connectivity index (χ4v) is 6.48. The predicted molar refractivity (Wildman–Crippen MR) is 168 cm³/mol. The minimum Gasteiger partial charge on any atom is -0.462 e. The average molecular weight is 666 g/mol. The highest BCUT2D eigenvalue weighted by atomic mass is 35.5. The molecule has 0 spiro atoms. The molecule has 2 saturated heterocycles. The molecule has 4 aromatic rings. The number of anilines is 1. The maximum absolute atomic E-state index is 16.6. The van der Waals surface area contributed by atoms with Crippen LogP contribution in [0, 0.1) is 29.0 Å². The van der Waals surface area contributed by atoms with Gasteiger partial charge in [-0.05, 0) is 24.4 Å². The van der Waals surface area contributed by atoms with E-state index in [4.69, 9.17) is 16.3 Å². The number of pyridine rings is 1. The third kappa shape index (κ3) is 6.46. The van der Waals surface area contributed by atoms with Crippen molar-refractivity contribution in [1.82, 2.24) is 24.8 Å². The Morgan fingerprint density at radius 1 is 1.17 bits per heavy atom. The molecule has 0 saturated carbocycles. The highest BCUT2D eigenvalue weighted by Crippen LogP contribution is 2.38. The van der Waals surface area contributed by atoms with Gasteiger partial charge in [0.2, 0.25) is 0 Å². The van der Waals surface area contributed by atoms with Crippen LogP contribution in [0.25, 0.3) is 32.9 Å². The van der Waals surface area contributed by atoms with Crippen molar-refractivity contribution in [3.05, 3.63) is 53.4 Å². The summed E-state index contributed by atoms with van der Waals surface area (Å²) in [7, 11) is 1.57. The van der Waals surface area contributed by atoms with E-state index in [0.29, 0.717) is 16.0 Å². The number of carbonyl (C=O) groups excluding carboxylic acids is 1. The summed E-state index contributed by atoms with van der Waals surface area (Å²) in [6.45, 7) is -1.12. The number of hydrogen-bond donors (Lipinski definition) is 0. The van der Waals surface area contributed by atoms with Crippen molar-refractivity contribution in [1.29, 1.82) is 5.26 Å². The van der Waals surface area contributed by atoms with E-state index in [1.165, 1.54) is 16.0 Å². The first-order valence-corrected chi connectivity index (χ1v) is 15.2. The number of halogens is 5. The van der Waals surface area contributed by atoms with Crippen LogP contribution in [-0.2, 0) is 4.79 Å². The molecule has 4 heterocycles. The Balaban J connectivity index is 1.43. The number of hydrogen-bond acceptors (Lipinski definition) is 8. The number of ether oxygens (including phenoxy) is 1. The lowest BCUT2D eigenvalue weighted by atomic mass is 10.0. The fraction of sp³-hybridized carbons (Fsp3) is 0.364. The molecule has 47 heavy (non-hydrogen) atoms. The molecule has 2 aliphatic heterocycles. The third-order valence-electron chi connectivity index (χ3n) is 8.43. The summed E-state index contributed by atoms with van der Waals surface area (Å²) in [4.78, 5) is 30.7. The second kappa shape index (κ2) is 13.2. The van der Waals surface area contributed by atoms with Gasteiger partial charge in [0.05, 0.1) is 30.5 Å². The van der Waals surface area contributed by atoms with Crippen molar-refractivity contribution < 1.29 is 27.1 Å². The molecule has 14 heteroatoms. The second-order valence-corrected chi connectivity index (χ2v) is 11.9. The maximum Gasteiger partial charge on any atom is 0.319 e. The smallest absolute Gasteiger partial charge is 0.319 e. The van der Waals surface area contributed by atoms with Crippen LogP contribution in [0.1, 0.15) is 12.8 Å². The Morgan fingerprint density at radius 3 is 2.68 bits per heavy atom. The Bertz CT molecular complexity index is 1960. The zero-order valence-corrected chi connectivity index (χ0v) is 25.9. The molecule has 2 atom stereocenters. The van der Waals surface area contributed by atoms with E-state index < -0.39 is 49.4 Å². The molecule has 0 radical (unpaired) electrons.